The first-order valence-electron chi connectivity index (χ1n) is 10.7. The standard InChI is InChI=1S/C25H22ClN3O3/c26-21-11-5-4-10-20(21)22-14-23(32-28-22)25(30)29-12-6-9-18(16-29)24-27-15-19(31-24)13-17-7-2-1-3-8-17/h1-5,7-8,10-11,14-15,18H,6,9,12-13,16H2/t18-/m0/s1. The third-order valence-corrected chi connectivity index (χ3v) is 6.05. The molecule has 0 unspecified atom stereocenters. The highest BCUT2D eigenvalue weighted by atomic mass is 35.5. The van der Waals surface area contributed by atoms with Gasteiger partial charge in [-0.05, 0) is 24.5 Å². The molecule has 1 atom stereocenters. The van der Waals surface area contributed by atoms with E-state index in [0.29, 0.717) is 36.1 Å². The van der Waals surface area contributed by atoms with Gasteiger partial charge in [0.25, 0.3) is 5.91 Å². The number of amides is 1. The predicted octanol–water partition coefficient (Wildman–Crippen LogP) is 5.59. The van der Waals surface area contributed by atoms with Gasteiger partial charge in [0.1, 0.15) is 11.5 Å². The van der Waals surface area contributed by atoms with Crippen LogP contribution in [-0.4, -0.2) is 34.0 Å². The molecule has 3 heterocycles. The Balaban J connectivity index is 1.27. The summed E-state index contributed by atoms with van der Waals surface area (Å²) in [5.41, 5.74) is 2.46. The van der Waals surface area contributed by atoms with Gasteiger partial charge in [-0.3, -0.25) is 4.79 Å². The molecule has 1 saturated heterocycles. The van der Waals surface area contributed by atoms with Crippen LogP contribution in [0.2, 0.25) is 5.02 Å². The molecular formula is C25H22ClN3O3. The Bertz CT molecular complexity index is 1220. The van der Waals surface area contributed by atoms with Crippen molar-refractivity contribution in [3.05, 3.63) is 94.9 Å². The van der Waals surface area contributed by atoms with Crippen LogP contribution in [0, 0.1) is 0 Å². The van der Waals surface area contributed by atoms with Crippen LogP contribution in [0.15, 0.2) is 75.8 Å². The van der Waals surface area contributed by atoms with Crippen molar-refractivity contribution in [1.29, 1.82) is 0 Å². The lowest BCUT2D eigenvalue weighted by molar-refractivity contribution is 0.0656. The van der Waals surface area contributed by atoms with Crippen LogP contribution in [0.4, 0.5) is 0 Å². The Morgan fingerprint density at radius 3 is 2.78 bits per heavy atom. The van der Waals surface area contributed by atoms with Gasteiger partial charge < -0.3 is 13.8 Å². The van der Waals surface area contributed by atoms with Crippen LogP contribution in [0.3, 0.4) is 0 Å². The molecule has 1 aliphatic rings. The van der Waals surface area contributed by atoms with E-state index in [1.807, 2.05) is 36.4 Å². The van der Waals surface area contributed by atoms with E-state index in [0.717, 1.165) is 24.2 Å². The number of piperidine rings is 1. The van der Waals surface area contributed by atoms with Crippen molar-refractivity contribution in [2.24, 2.45) is 0 Å². The lowest BCUT2D eigenvalue weighted by Gasteiger charge is -2.30. The van der Waals surface area contributed by atoms with Crippen LogP contribution in [0.25, 0.3) is 11.3 Å². The van der Waals surface area contributed by atoms with Gasteiger partial charge in [0, 0.05) is 31.1 Å². The van der Waals surface area contributed by atoms with Crippen molar-refractivity contribution in [3.8, 4) is 11.3 Å². The molecule has 4 aromatic rings. The summed E-state index contributed by atoms with van der Waals surface area (Å²) in [5, 5.41) is 4.61. The Morgan fingerprint density at radius 2 is 1.94 bits per heavy atom. The van der Waals surface area contributed by atoms with Gasteiger partial charge >= 0.3 is 0 Å². The number of carbonyl (C=O) groups is 1. The minimum Gasteiger partial charge on any atom is -0.445 e. The second kappa shape index (κ2) is 9.01. The van der Waals surface area contributed by atoms with Gasteiger partial charge in [0.15, 0.2) is 5.89 Å². The van der Waals surface area contributed by atoms with Crippen molar-refractivity contribution in [3.63, 3.8) is 0 Å². The first kappa shape index (κ1) is 20.5. The third kappa shape index (κ3) is 4.32. The summed E-state index contributed by atoms with van der Waals surface area (Å²) >= 11 is 6.24. The number of hydrogen-bond donors (Lipinski definition) is 0. The summed E-state index contributed by atoms with van der Waals surface area (Å²) < 4.78 is 11.4. The summed E-state index contributed by atoms with van der Waals surface area (Å²) in [4.78, 5) is 19.3. The zero-order chi connectivity index (χ0) is 21.9. The van der Waals surface area contributed by atoms with Crippen LogP contribution in [-0.2, 0) is 6.42 Å². The second-order valence-corrected chi connectivity index (χ2v) is 8.38. The smallest absolute Gasteiger partial charge is 0.292 e. The molecule has 32 heavy (non-hydrogen) atoms. The van der Waals surface area contributed by atoms with Crippen molar-refractivity contribution >= 4 is 17.5 Å². The first-order chi connectivity index (χ1) is 15.7. The van der Waals surface area contributed by atoms with Gasteiger partial charge in [-0.25, -0.2) is 4.98 Å². The number of oxazole rings is 1. The third-order valence-electron chi connectivity index (χ3n) is 5.72. The largest absolute Gasteiger partial charge is 0.445 e. The fourth-order valence-corrected chi connectivity index (χ4v) is 4.31. The summed E-state index contributed by atoms with van der Waals surface area (Å²) in [6.07, 6.45) is 4.29. The highest BCUT2D eigenvalue weighted by molar-refractivity contribution is 6.33. The zero-order valence-electron chi connectivity index (χ0n) is 17.4. The van der Waals surface area contributed by atoms with E-state index in [-0.39, 0.29) is 17.6 Å². The van der Waals surface area contributed by atoms with E-state index in [1.54, 1.807) is 23.2 Å². The molecule has 1 amide bonds. The highest BCUT2D eigenvalue weighted by Gasteiger charge is 2.30. The van der Waals surface area contributed by atoms with Gasteiger partial charge in [0.2, 0.25) is 5.76 Å². The molecule has 0 aliphatic carbocycles. The molecule has 5 rings (SSSR count). The lowest BCUT2D eigenvalue weighted by Crippen LogP contribution is -2.39. The number of aromatic nitrogens is 2. The maximum Gasteiger partial charge on any atom is 0.292 e. The minimum atomic E-state index is -0.184. The Kier molecular flexibility index (Phi) is 5.77. The van der Waals surface area contributed by atoms with E-state index in [1.165, 1.54) is 5.56 Å². The maximum atomic E-state index is 13.1. The van der Waals surface area contributed by atoms with Gasteiger partial charge in [-0.2, -0.15) is 0 Å². The van der Waals surface area contributed by atoms with E-state index in [2.05, 4.69) is 22.3 Å². The summed E-state index contributed by atoms with van der Waals surface area (Å²) in [5.74, 6) is 1.59. The minimum absolute atomic E-state index is 0.0585. The molecule has 2 aromatic carbocycles. The molecule has 7 heteroatoms. The Hall–Kier alpha value is -3.38. The molecule has 1 fully saturated rings. The van der Waals surface area contributed by atoms with E-state index >= 15 is 0 Å². The molecule has 6 nitrogen and oxygen atoms in total. The van der Waals surface area contributed by atoms with Crippen LogP contribution >= 0.6 is 11.6 Å². The SMILES string of the molecule is O=C(c1cc(-c2ccccc2Cl)no1)N1CCC[C@H](c2ncc(Cc3ccccc3)o2)C1. The van der Waals surface area contributed by atoms with Gasteiger partial charge in [0.05, 0.1) is 17.1 Å². The lowest BCUT2D eigenvalue weighted by atomic mass is 9.98. The van der Waals surface area contributed by atoms with Gasteiger partial charge in [-0.1, -0.05) is 65.3 Å². The Morgan fingerprint density at radius 1 is 1.12 bits per heavy atom. The molecule has 0 spiro atoms. The number of likely N-dealkylation sites (tertiary alicyclic amines) is 1. The molecule has 162 valence electrons. The molecule has 0 radical (unpaired) electrons. The van der Waals surface area contributed by atoms with Crippen LogP contribution in [0.1, 0.15) is 46.5 Å². The summed E-state index contributed by atoms with van der Waals surface area (Å²) in [6.45, 7) is 1.20. The van der Waals surface area contributed by atoms with Crippen LogP contribution < -0.4 is 0 Å². The zero-order valence-corrected chi connectivity index (χ0v) is 18.2. The maximum absolute atomic E-state index is 13.1. The van der Waals surface area contributed by atoms with E-state index < -0.39 is 0 Å². The van der Waals surface area contributed by atoms with Crippen molar-refractivity contribution in [2.75, 3.05) is 13.1 Å². The molecule has 0 N–H and O–H groups in total. The predicted molar refractivity (Wildman–Crippen MR) is 121 cm³/mol. The average molecular weight is 448 g/mol. The van der Waals surface area contributed by atoms with Crippen molar-refractivity contribution in [2.45, 2.75) is 25.2 Å². The van der Waals surface area contributed by atoms with Gasteiger partial charge in [-0.15, -0.1) is 0 Å². The Labute approximate surface area is 190 Å². The topological polar surface area (TPSA) is 72.4 Å². The highest BCUT2D eigenvalue weighted by Crippen LogP contribution is 2.30. The number of rotatable bonds is 5. The molecule has 0 bridgehead atoms. The normalized spacial score (nSPS) is 16.3. The number of carbonyl (C=O) groups excluding carboxylic acids is 1. The molecule has 1 aliphatic heterocycles. The number of halogens is 1. The monoisotopic (exact) mass is 447 g/mol. The van der Waals surface area contributed by atoms with E-state index in [4.69, 9.17) is 20.5 Å². The number of nitrogens with zero attached hydrogens (tertiary/aromatic N) is 3. The van der Waals surface area contributed by atoms with Crippen LogP contribution in [0.5, 0.6) is 0 Å². The second-order valence-electron chi connectivity index (χ2n) is 7.97. The molecular weight excluding hydrogens is 426 g/mol. The summed E-state index contributed by atoms with van der Waals surface area (Å²) in [6, 6.07) is 19.1. The van der Waals surface area contributed by atoms with E-state index in [9.17, 15) is 4.79 Å². The quantitative estimate of drug-likeness (QED) is 0.398. The summed E-state index contributed by atoms with van der Waals surface area (Å²) in [7, 11) is 0. The molecule has 0 saturated carbocycles. The first-order valence-corrected chi connectivity index (χ1v) is 11.0. The number of benzene rings is 2. The van der Waals surface area contributed by atoms with Crippen molar-refractivity contribution < 1.29 is 13.7 Å². The average Bonchev–Trinajstić information content (AvgIpc) is 3.50. The number of hydrogen-bond acceptors (Lipinski definition) is 5. The van der Waals surface area contributed by atoms with Crippen molar-refractivity contribution in [1.82, 2.24) is 15.0 Å². The fourth-order valence-electron chi connectivity index (χ4n) is 4.08. The molecule has 2 aromatic heterocycles. The fraction of sp³-hybridized carbons (Fsp3) is 0.240.